The summed E-state index contributed by atoms with van der Waals surface area (Å²) in [5.74, 6) is 0.127. The number of urea groups is 1. The summed E-state index contributed by atoms with van der Waals surface area (Å²) >= 11 is 0. The number of hydrazone groups is 1. The Bertz CT molecular complexity index is 990. The average Bonchev–Trinajstić information content (AvgIpc) is 3.45. The van der Waals surface area contributed by atoms with Gasteiger partial charge in [0.1, 0.15) is 11.6 Å². The Balaban J connectivity index is 1.45. The number of ether oxygens (including phenoxy) is 1. The molecule has 3 heterocycles. The number of nitrogens with zero attached hydrogens (tertiary/aromatic N) is 4. The van der Waals surface area contributed by atoms with Crippen LogP contribution in [-0.4, -0.2) is 66.4 Å². The average molecular weight is 423 g/mol. The number of benzene rings is 2. The molecule has 0 aliphatic carbocycles. The molecule has 0 spiro atoms. The molecule has 2 aromatic rings. The van der Waals surface area contributed by atoms with Crippen molar-refractivity contribution < 1.29 is 13.9 Å². The summed E-state index contributed by atoms with van der Waals surface area (Å²) in [6.45, 7) is 4.11. The molecule has 0 N–H and O–H groups in total. The fraction of sp³-hybridized carbons (Fsp3) is 0.417. The second kappa shape index (κ2) is 8.30. The number of carbonyl (C=O) groups is 1. The van der Waals surface area contributed by atoms with Crippen molar-refractivity contribution in [1.82, 2.24) is 14.8 Å². The van der Waals surface area contributed by atoms with Crippen molar-refractivity contribution in [3.63, 3.8) is 0 Å². The molecule has 3 aliphatic rings. The molecule has 2 amide bonds. The van der Waals surface area contributed by atoms with Crippen LogP contribution < -0.4 is 4.74 Å². The molecular weight excluding hydrogens is 395 g/mol. The molecule has 0 unspecified atom stereocenters. The molecule has 5 rings (SSSR count). The SMILES string of the molecule is CN(CCN1CCCC1)C(=O)N1N=C2c3cc(F)ccc3OC[C@@H]2[C@@H]1c1ccccc1. The Morgan fingerprint density at radius 2 is 1.97 bits per heavy atom. The number of likely N-dealkylation sites (N-methyl/N-ethyl adjacent to an activating group) is 1. The molecule has 2 atom stereocenters. The van der Waals surface area contributed by atoms with Crippen LogP contribution in [0.15, 0.2) is 53.6 Å². The fourth-order valence-corrected chi connectivity index (χ4v) is 4.76. The lowest BCUT2D eigenvalue weighted by Crippen LogP contribution is -2.43. The van der Waals surface area contributed by atoms with E-state index in [9.17, 15) is 9.18 Å². The van der Waals surface area contributed by atoms with Gasteiger partial charge in [-0.25, -0.2) is 14.2 Å². The van der Waals surface area contributed by atoms with Crippen LogP contribution >= 0.6 is 0 Å². The minimum atomic E-state index is -0.338. The maximum atomic E-state index is 14.0. The van der Waals surface area contributed by atoms with Crippen molar-refractivity contribution in [3.05, 3.63) is 65.5 Å². The van der Waals surface area contributed by atoms with Crippen LogP contribution in [0.25, 0.3) is 0 Å². The molecule has 2 aromatic carbocycles. The third-order valence-corrected chi connectivity index (χ3v) is 6.46. The van der Waals surface area contributed by atoms with Gasteiger partial charge in [-0.15, -0.1) is 0 Å². The van der Waals surface area contributed by atoms with E-state index >= 15 is 0 Å². The first-order valence-corrected chi connectivity index (χ1v) is 10.9. The summed E-state index contributed by atoms with van der Waals surface area (Å²) in [5, 5.41) is 6.32. The number of carbonyl (C=O) groups excluding carboxylic acids is 1. The fourth-order valence-electron chi connectivity index (χ4n) is 4.76. The first kappa shape index (κ1) is 20.0. The first-order valence-electron chi connectivity index (χ1n) is 10.9. The van der Waals surface area contributed by atoms with Gasteiger partial charge >= 0.3 is 6.03 Å². The zero-order chi connectivity index (χ0) is 21.4. The normalized spacial score (nSPS) is 22.5. The Kier molecular flexibility index (Phi) is 5.36. The summed E-state index contributed by atoms with van der Waals surface area (Å²) in [6, 6.07) is 13.9. The number of fused-ring (bicyclic) bond motifs is 3. The van der Waals surface area contributed by atoms with Crippen molar-refractivity contribution in [2.75, 3.05) is 39.8 Å². The van der Waals surface area contributed by atoms with E-state index in [4.69, 9.17) is 9.84 Å². The maximum Gasteiger partial charge on any atom is 0.340 e. The van der Waals surface area contributed by atoms with Crippen molar-refractivity contribution >= 4 is 11.7 Å². The van der Waals surface area contributed by atoms with Gasteiger partial charge in [0.05, 0.1) is 24.3 Å². The van der Waals surface area contributed by atoms with Crippen LogP contribution in [-0.2, 0) is 0 Å². The van der Waals surface area contributed by atoms with Gasteiger partial charge in [-0.05, 0) is 49.7 Å². The number of rotatable bonds is 4. The van der Waals surface area contributed by atoms with Crippen LogP contribution in [0.2, 0.25) is 0 Å². The Hall–Kier alpha value is -2.93. The second-order valence-corrected chi connectivity index (χ2v) is 8.50. The maximum absolute atomic E-state index is 14.0. The highest BCUT2D eigenvalue weighted by molar-refractivity contribution is 6.07. The molecule has 0 radical (unpaired) electrons. The summed E-state index contributed by atoms with van der Waals surface area (Å²) in [5.41, 5.74) is 2.35. The lowest BCUT2D eigenvalue weighted by Gasteiger charge is -2.32. The van der Waals surface area contributed by atoms with Gasteiger partial charge in [-0.1, -0.05) is 30.3 Å². The van der Waals surface area contributed by atoms with Gasteiger partial charge in [0.25, 0.3) is 0 Å². The summed E-state index contributed by atoms with van der Waals surface area (Å²) in [7, 11) is 1.83. The van der Waals surface area contributed by atoms with Crippen LogP contribution in [0.5, 0.6) is 5.75 Å². The largest absolute Gasteiger partial charge is 0.492 e. The number of amides is 2. The van der Waals surface area contributed by atoms with Crippen molar-refractivity contribution in [1.29, 1.82) is 0 Å². The molecule has 1 fully saturated rings. The van der Waals surface area contributed by atoms with Gasteiger partial charge in [0.2, 0.25) is 0 Å². The monoisotopic (exact) mass is 422 g/mol. The van der Waals surface area contributed by atoms with Gasteiger partial charge in [0, 0.05) is 25.7 Å². The smallest absolute Gasteiger partial charge is 0.340 e. The summed E-state index contributed by atoms with van der Waals surface area (Å²) in [6.07, 6.45) is 2.45. The molecule has 0 saturated carbocycles. The zero-order valence-corrected chi connectivity index (χ0v) is 17.7. The van der Waals surface area contributed by atoms with Crippen LogP contribution in [0.4, 0.5) is 9.18 Å². The number of likely N-dealkylation sites (tertiary alicyclic amines) is 1. The molecular formula is C24H27FN4O2. The molecule has 162 valence electrons. The lowest BCUT2D eigenvalue weighted by molar-refractivity contribution is 0.130. The topological polar surface area (TPSA) is 48.4 Å². The standard InChI is InChI=1S/C24H27FN4O2/c1-27(13-14-28-11-5-6-12-28)24(30)29-23(17-7-3-2-4-8-17)20-16-31-21-10-9-18(25)15-19(21)22(20)26-29/h2-4,7-10,15,20,23H,5-6,11-14,16H2,1H3/t20-,23-/m0/s1. The Morgan fingerprint density at radius 3 is 2.74 bits per heavy atom. The van der Waals surface area contributed by atoms with Crippen molar-refractivity contribution in [2.45, 2.75) is 18.9 Å². The molecule has 0 bridgehead atoms. The van der Waals surface area contributed by atoms with Crippen molar-refractivity contribution in [3.8, 4) is 5.75 Å². The minimum absolute atomic E-state index is 0.145. The van der Waals surface area contributed by atoms with E-state index in [0.29, 0.717) is 24.5 Å². The van der Waals surface area contributed by atoms with E-state index in [-0.39, 0.29) is 23.8 Å². The molecule has 6 nitrogen and oxygen atoms in total. The quantitative estimate of drug-likeness (QED) is 0.754. The van der Waals surface area contributed by atoms with Crippen LogP contribution in [0.3, 0.4) is 0 Å². The van der Waals surface area contributed by atoms with E-state index < -0.39 is 0 Å². The molecule has 3 aliphatic heterocycles. The van der Waals surface area contributed by atoms with E-state index in [1.165, 1.54) is 25.0 Å². The van der Waals surface area contributed by atoms with Crippen LogP contribution in [0, 0.1) is 11.7 Å². The van der Waals surface area contributed by atoms with E-state index in [1.54, 1.807) is 16.0 Å². The highest BCUT2D eigenvalue weighted by Gasteiger charge is 2.45. The van der Waals surface area contributed by atoms with Gasteiger partial charge < -0.3 is 14.5 Å². The molecule has 0 aromatic heterocycles. The van der Waals surface area contributed by atoms with E-state index in [0.717, 1.165) is 30.9 Å². The predicted molar refractivity (Wildman–Crippen MR) is 117 cm³/mol. The van der Waals surface area contributed by atoms with Gasteiger partial charge in [0.15, 0.2) is 0 Å². The number of halogens is 1. The third-order valence-electron chi connectivity index (χ3n) is 6.46. The highest BCUT2D eigenvalue weighted by atomic mass is 19.1. The van der Waals surface area contributed by atoms with Crippen LogP contribution in [0.1, 0.15) is 30.0 Å². The third kappa shape index (κ3) is 3.78. The van der Waals surface area contributed by atoms with E-state index in [1.807, 2.05) is 37.4 Å². The second-order valence-electron chi connectivity index (χ2n) is 8.50. The molecule has 31 heavy (non-hydrogen) atoms. The summed E-state index contributed by atoms with van der Waals surface area (Å²) < 4.78 is 19.9. The predicted octanol–water partition coefficient (Wildman–Crippen LogP) is 3.74. The van der Waals surface area contributed by atoms with Gasteiger partial charge in [-0.2, -0.15) is 5.10 Å². The van der Waals surface area contributed by atoms with Gasteiger partial charge in [-0.3, -0.25) is 0 Å². The Labute approximate surface area is 181 Å². The Morgan fingerprint density at radius 1 is 1.19 bits per heavy atom. The van der Waals surface area contributed by atoms with E-state index in [2.05, 4.69) is 4.90 Å². The first-order chi connectivity index (χ1) is 15.1. The zero-order valence-electron chi connectivity index (χ0n) is 17.7. The van der Waals surface area contributed by atoms with Crippen molar-refractivity contribution in [2.24, 2.45) is 11.0 Å². The molecule has 1 saturated heterocycles. The molecule has 7 heteroatoms. The lowest BCUT2D eigenvalue weighted by atomic mass is 9.86. The number of hydrogen-bond donors (Lipinski definition) is 0. The minimum Gasteiger partial charge on any atom is -0.492 e. The summed E-state index contributed by atoms with van der Waals surface area (Å²) in [4.78, 5) is 17.6. The highest BCUT2D eigenvalue weighted by Crippen LogP contribution is 2.42. The number of hydrogen-bond acceptors (Lipinski definition) is 4.